The molecule has 0 N–H and O–H groups in total. The van der Waals surface area contributed by atoms with E-state index >= 15 is 0 Å². The lowest BCUT2D eigenvalue weighted by Gasteiger charge is -2.35. The van der Waals surface area contributed by atoms with Gasteiger partial charge in [-0.05, 0) is 36.8 Å². The Bertz CT molecular complexity index is 619. The van der Waals surface area contributed by atoms with Gasteiger partial charge in [0.15, 0.2) is 0 Å². The average Bonchev–Trinajstić information content (AvgIpc) is 2.91. The summed E-state index contributed by atoms with van der Waals surface area (Å²) in [7, 11) is 1.96. The van der Waals surface area contributed by atoms with E-state index in [0.717, 1.165) is 25.3 Å². The van der Waals surface area contributed by atoms with Crippen LogP contribution in [0.3, 0.4) is 0 Å². The van der Waals surface area contributed by atoms with Gasteiger partial charge in [-0.15, -0.1) is 0 Å². The molecule has 0 saturated heterocycles. The van der Waals surface area contributed by atoms with Crippen LogP contribution in [0.25, 0.3) is 0 Å². The summed E-state index contributed by atoms with van der Waals surface area (Å²) in [5.41, 5.74) is 2.67. The molecule has 0 unspecified atom stereocenters. The van der Waals surface area contributed by atoms with E-state index in [0.29, 0.717) is 12.0 Å². The van der Waals surface area contributed by atoms with Crippen LogP contribution in [-0.2, 0) is 20.0 Å². The van der Waals surface area contributed by atoms with Crippen LogP contribution in [0.4, 0.5) is 0 Å². The summed E-state index contributed by atoms with van der Waals surface area (Å²) < 4.78 is 1.87. The van der Waals surface area contributed by atoms with Crippen molar-refractivity contribution >= 4 is 0 Å². The minimum Gasteiger partial charge on any atom is -0.287 e. The molecule has 1 atom stereocenters. The third-order valence-electron chi connectivity index (χ3n) is 4.36. The third kappa shape index (κ3) is 3.19. The van der Waals surface area contributed by atoms with Crippen LogP contribution in [0.1, 0.15) is 49.8 Å². The molecule has 1 aliphatic carbocycles. The molecule has 0 amide bonds. The fourth-order valence-corrected chi connectivity index (χ4v) is 3.36. The van der Waals surface area contributed by atoms with E-state index in [-0.39, 0.29) is 0 Å². The molecule has 0 aliphatic heterocycles. The molecule has 0 saturated carbocycles. The third-order valence-corrected chi connectivity index (χ3v) is 4.36. The highest BCUT2D eigenvalue weighted by molar-refractivity contribution is 5.25. The van der Waals surface area contributed by atoms with Gasteiger partial charge in [0.1, 0.15) is 12.2 Å². The molecular formula is C17H25N5. The van der Waals surface area contributed by atoms with Crippen molar-refractivity contribution in [3.63, 3.8) is 0 Å². The Morgan fingerprint density at radius 2 is 2.23 bits per heavy atom. The molecule has 0 bridgehead atoms. The molecule has 0 aromatic carbocycles. The Hall–Kier alpha value is -1.75. The Kier molecular flexibility index (Phi) is 4.52. The van der Waals surface area contributed by atoms with Crippen molar-refractivity contribution < 1.29 is 0 Å². The predicted molar refractivity (Wildman–Crippen MR) is 86.2 cm³/mol. The Morgan fingerprint density at radius 3 is 2.95 bits per heavy atom. The van der Waals surface area contributed by atoms with Gasteiger partial charge in [-0.2, -0.15) is 5.10 Å². The number of rotatable bonds is 5. The van der Waals surface area contributed by atoms with Crippen molar-refractivity contribution in [3.05, 3.63) is 41.7 Å². The first-order valence-electron chi connectivity index (χ1n) is 8.16. The maximum absolute atomic E-state index is 4.70. The van der Waals surface area contributed by atoms with Crippen molar-refractivity contribution in [1.29, 1.82) is 0 Å². The van der Waals surface area contributed by atoms with E-state index in [9.17, 15) is 0 Å². The number of fused-ring (bicyclic) bond motifs is 1. The molecule has 3 rings (SSSR count). The van der Waals surface area contributed by atoms with E-state index < -0.39 is 0 Å². The summed E-state index contributed by atoms with van der Waals surface area (Å²) in [5, 5.41) is 4.20. The first-order chi connectivity index (χ1) is 10.6. The highest BCUT2D eigenvalue weighted by atomic mass is 15.3. The normalized spacial score (nSPS) is 18.0. The van der Waals surface area contributed by atoms with Crippen molar-refractivity contribution in [2.45, 2.75) is 45.7 Å². The van der Waals surface area contributed by atoms with E-state index in [1.54, 1.807) is 6.33 Å². The second kappa shape index (κ2) is 6.57. The van der Waals surface area contributed by atoms with Crippen LogP contribution < -0.4 is 0 Å². The molecule has 0 radical (unpaired) electrons. The van der Waals surface area contributed by atoms with Crippen LogP contribution in [0.15, 0.2) is 24.7 Å². The van der Waals surface area contributed by atoms with Gasteiger partial charge >= 0.3 is 0 Å². The van der Waals surface area contributed by atoms with Gasteiger partial charge < -0.3 is 0 Å². The zero-order chi connectivity index (χ0) is 15.5. The molecule has 2 aromatic heterocycles. The van der Waals surface area contributed by atoms with Gasteiger partial charge in [-0.3, -0.25) is 14.6 Å². The quantitative estimate of drug-likeness (QED) is 0.851. The molecule has 5 heteroatoms. The lowest BCUT2D eigenvalue weighted by atomic mass is 9.90. The molecule has 22 heavy (non-hydrogen) atoms. The summed E-state index contributed by atoms with van der Waals surface area (Å²) in [6.45, 7) is 6.42. The number of hydrogen-bond acceptors (Lipinski definition) is 4. The maximum atomic E-state index is 4.70. The number of aryl methyl sites for hydroxylation is 2. The highest BCUT2D eigenvalue weighted by Gasteiger charge is 2.28. The molecule has 2 aromatic rings. The van der Waals surface area contributed by atoms with Crippen LogP contribution in [0, 0.1) is 5.92 Å². The lowest BCUT2D eigenvalue weighted by molar-refractivity contribution is 0.142. The first-order valence-corrected chi connectivity index (χ1v) is 8.16. The zero-order valence-corrected chi connectivity index (χ0v) is 13.7. The summed E-state index contributed by atoms with van der Waals surface area (Å²) in [4.78, 5) is 11.6. The van der Waals surface area contributed by atoms with E-state index in [1.807, 2.05) is 17.9 Å². The van der Waals surface area contributed by atoms with Crippen molar-refractivity contribution in [2.24, 2.45) is 13.0 Å². The number of hydrogen-bond donors (Lipinski definition) is 0. The van der Waals surface area contributed by atoms with Crippen molar-refractivity contribution in [3.8, 4) is 0 Å². The van der Waals surface area contributed by atoms with Crippen LogP contribution in [0.5, 0.6) is 0 Å². The Balaban J connectivity index is 1.88. The van der Waals surface area contributed by atoms with Crippen molar-refractivity contribution in [1.82, 2.24) is 24.6 Å². The van der Waals surface area contributed by atoms with Crippen LogP contribution in [-0.4, -0.2) is 31.2 Å². The van der Waals surface area contributed by atoms with Crippen LogP contribution >= 0.6 is 0 Å². The van der Waals surface area contributed by atoms with Crippen LogP contribution in [0.2, 0.25) is 0 Å². The van der Waals surface area contributed by atoms with Gasteiger partial charge in [-0.1, -0.05) is 19.9 Å². The molecular weight excluding hydrogens is 274 g/mol. The van der Waals surface area contributed by atoms with Crippen molar-refractivity contribution in [2.75, 3.05) is 6.54 Å². The summed E-state index contributed by atoms with van der Waals surface area (Å²) in [6.07, 6.45) is 7.12. The van der Waals surface area contributed by atoms with Gasteiger partial charge in [0.2, 0.25) is 0 Å². The number of aromatic nitrogens is 4. The molecule has 118 valence electrons. The minimum atomic E-state index is 0.393. The zero-order valence-electron chi connectivity index (χ0n) is 13.7. The Labute approximate surface area is 132 Å². The van der Waals surface area contributed by atoms with E-state index in [1.165, 1.54) is 24.1 Å². The largest absolute Gasteiger partial charge is 0.287 e. The number of nitrogens with zero attached hydrogens (tertiary/aromatic N) is 5. The SMILES string of the molecule is CC(C)CN(Cc1ncnn1C)[C@@H]1CCCc2cccnc21. The summed E-state index contributed by atoms with van der Waals surface area (Å²) in [5.74, 6) is 1.63. The average molecular weight is 299 g/mol. The van der Waals surface area contributed by atoms with Gasteiger partial charge in [0.25, 0.3) is 0 Å². The lowest BCUT2D eigenvalue weighted by Crippen LogP contribution is -2.35. The summed E-state index contributed by atoms with van der Waals surface area (Å²) >= 11 is 0. The molecule has 0 spiro atoms. The summed E-state index contributed by atoms with van der Waals surface area (Å²) in [6, 6.07) is 4.67. The minimum absolute atomic E-state index is 0.393. The molecule has 1 aliphatic rings. The van der Waals surface area contributed by atoms with E-state index in [4.69, 9.17) is 4.98 Å². The molecule has 5 nitrogen and oxygen atoms in total. The second-order valence-corrected chi connectivity index (χ2v) is 6.58. The van der Waals surface area contributed by atoms with Gasteiger partial charge in [-0.25, -0.2) is 4.98 Å². The molecule has 0 fully saturated rings. The fraction of sp³-hybridized carbons (Fsp3) is 0.588. The fourth-order valence-electron chi connectivity index (χ4n) is 3.36. The highest BCUT2D eigenvalue weighted by Crippen LogP contribution is 2.33. The molecule has 2 heterocycles. The predicted octanol–water partition coefficient (Wildman–Crippen LogP) is 2.75. The van der Waals surface area contributed by atoms with E-state index in [2.05, 4.69) is 41.0 Å². The van der Waals surface area contributed by atoms with Gasteiger partial charge in [0, 0.05) is 19.8 Å². The Morgan fingerprint density at radius 1 is 1.36 bits per heavy atom. The first kappa shape index (κ1) is 15.2. The standard InChI is InChI=1S/C17H25N5/c1-13(2)10-22(11-16-19-12-20-21(16)3)15-8-4-6-14-7-5-9-18-17(14)15/h5,7,9,12-13,15H,4,6,8,10-11H2,1-3H3/t15-/m1/s1. The second-order valence-electron chi connectivity index (χ2n) is 6.58. The monoisotopic (exact) mass is 299 g/mol. The smallest absolute Gasteiger partial charge is 0.140 e. The maximum Gasteiger partial charge on any atom is 0.140 e. The number of pyridine rings is 1. The topological polar surface area (TPSA) is 46.8 Å². The van der Waals surface area contributed by atoms with Gasteiger partial charge in [0.05, 0.1) is 18.3 Å².